The van der Waals surface area contributed by atoms with Gasteiger partial charge >= 0.3 is 0 Å². The van der Waals surface area contributed by atoms with Gasteiger partial charge in [0.25, 0.3) is 0 Å². The summed E-state index contributed by atoms with van der Waals surface area (Å²) in [6.45, 7) is 2.70. The second-order valence-electron chi connectivity index (χ2n) is 4.27. The first-order valence-corrected chi connectivity index (χ1v) is 8.01. The summed E-state index contributed by atoms with van der Waals surface area (Å²) in [6, 6.07) is 16.6. The van der Waals surface area contributed by atoms with Crippen LogP contribution in [0.25, 0.3) is 0 Å². The van der Waals surface area contributed by atoms with Crippen LogP contribution in [0.4, 0.5) is 0 Å². The molecule has 3 heteroatoms. The summed E-state index contributed by atoms with van der Waals surface area (Å²) in [5.41, 5.74) is 2.49. The van der Waals surface area contributed by atoms with Crippen molar-refractivity contribution in [3.8, 4) is 5.75 Å². The molecule has 0 aliphatic rings. The smallest absolute Gasteiger partial charge is 0.123 e. The van der Waals surface area contributed by atoms with Crippen LogP contribution in [0.2, 0.25) is 0 Å². The van der Waals surface area contributed by atoms with Gasteiger partial charge in [-0.1, -0.05) is 62.2 Å². The first-order valence-electron chi connectivity index (χ1n) is 6.31. The molecule has 19 heavy (non-hydrogen) atoms. The van der Waals surface area contributed by atoms with Crippen LogP contribution in [0.5, 0.6) is 5.75 Å². The molecule has 0 radical (unpaired) electrons. The Morgan fingerprint density at radius 2 is 1.89 bits per heavy atom. The van der Waals surface area contributed by atoms with E-state index in [0.29, 0.717) is 6.61 Å². The van der Waals surface area contributed by atoms with E-state index in [4.69, 9.17) is 4.74 Å². The minimum atomic E-state index is 0.254. The van der Waals surface area contributed by atoms with Gasteiger partial charge in [0.15, 0.2) is 0 Å². The topological polar surface area (TPSA) is 9.23 Å². The molecule has 0 aliphatic heterocycles. The molecule has 2 aromatic rings. The molecule has 0 spiro atoms. The Morgan fingerprint density at radius 3 is 2.63 bits per heavy atom. The Kier molecular flexibility index (Phi) is 5.46. The molecule has 0 saturated heterocycles. The molecule has 0 amide bonds. The summed E-state index contributed by atoms with van der Waals surface area (Å²) in [5, 5.41) is 0. The Labute approximate surface area is 131 Å². The summed E-state index contributed by atoms with van der Waals surface area (Å²) >= 11 is 7.28. The highest BCUT2D eigenvalue weighted by Gasteiger charge is 2.13. The summed E-state index contributed by atoms with van der Waals surface area (Å²) in [4.78, 5) is 0.254. The van der Waals surface area contributed by atoms with Crippen LogP contribution in [-0.4, -0.2) is 6.61 Å². The van der Waals surface area contributed by atoms with Gasteiger partial charge in [0, 0.05) is 14.9 Å². The van der Waals surface area contributed by atoms with Crippen molar-refractivity contribution >= 4 is 31.9 Å². The zero-order chi connectivity index (χ0) is 13.7. The van der Waals surface area contributed by atoms with Gasteiger partial charge in [-0.05, 0) is 37.1 Å². The van der Waals surface area contributed by atoms with Crippen molar-refractivity contribution in [1.29, 1.82) is 0 Å². The first-order chi connectivity index (χ1) is 9.20. The Morgan fingerprint density at radius 1 is 1.11 bits per heavy atom. The summed E-state index contributed by atoms with van der Waals surface area (Å²) in [5.74, 6) is 0.960. The number of rotatable bonds is 5. The van der Waals surface area contributed by atoms with Crippen LogP contribution in [-0.2, 0) is 6.42 Å². The van der Waals surface area contributed by atoms with Gasteiger partial charge < -0.3 is 4.74 Å². The molecule has 1 atom stereocenters. The van der Waals surface area contributed by atoms with Crippen LogP contribution in [0.1, 0.15) is 22.9 Å². The zero-order valence-corrected chi connectivity index (χ0v) is 13.9. The Hall–Kier alpha value is -0.800. The third-order valence-corrected chi connectivity index (χ3v) is 4.17. The molecular formula is C16H16Br2O. The number of alkyl halides is 1. The van der Waals surface area contributed by atoms with Crippen LogP contribution < -0.4 is 4.74 Å². The van der Waals surface area contributed by atoms with E-state index < -0.39 is 0 Å². The van der Waals surface area contributed by atoms with Gasteiger partial charge in [-0.25, -0.2) is 0 Å². The maximum Gasteiger partial charge on any atom is 0.123 e. The van der Waals surface area contributed by atoms with Crippen molar-refractivity contribution in [2.75, 3.05) is 6.61 Å². The summed E-state index contributed by atoms with van der Waals surface area (Å²) in [6.07, 6.45) is 0.934. The third-order valence-electron chi connectivity index (χ3n) is 2.86. The van der Waals surface area contributed by atoms with Crippen molar-refractivity contribution in [2.45, 2.75) is 18.2 Å². The van der Waals surface area contributed by atoms with E-state index in [2.05, 4.69) is 56.1 Å². The molecule has 1 unspecified atom stereocenters. The summed E-state index contributed by atoms with van der Waals surface area (Å²) in [7, 11) is 0. The molecule has 0 aromatic heterocycles. The fraction of sp³-hybridized carbons (Fsp3) is 0.250. The van der Waals surface area contributed by atoms with E-state index in [1.54, 1.807) is 0 Å². The van der Waals surface area contributed by atoms with Crippen LogP contribution in [0, 0.1) is 0 Å². The SMILES string of the molecule is CCOc1ccccc1C(Br)Cc1cccc(Br)c1. The van der Waals surface area contributed by atoms with Crippen LogP contribution in [0.15, 0.2) is 53.0 Å². The van der Waals surface area contributed by atoms with E-state index in [0.717, 1.165) is 16.6 Å². The van der Waals surface area contributed by atoms with Gasteiger partial charge in [0.1, 0.15) is 5.75 Å². The van der Waals surface area contributed by atoms with E-state index in [9.17, 15) is 0 Å². The summed E-state index contributed by atoms with van der Waals surface area (Å²) < 4.78 is 6.79. The molecule has 2 aromatic carbocycles. The van der Waals surface area contributed by atoms with E-state index in [1.165, 1.54) is 11.1 Å². The maximum atomic E-state index is 5.68. The average molecular weight is 384 g/mol. The van der Waals surface area contributed by atoms with Crippen molar-refractivity contribution in [2.24, 2.45) is 0 Å². The first kappa shape index (κ1) is 14.6. The van der Waals surface area contributed by atoms with Crippen LogP contribution in [0.3, 0.4) is 0 Å². The van der Waals surface area contributed by atoms with Gasteiger partial charge in [-0.2, -0.15) is 0 Å². The fourth-order valence-electron chi connectivity index (χ4n) is 2.01. The zero-order valence-electron chi connectivity index (χ0n) is 10.8. The molecule has 1 nitrogen and oxygen atoms in total. The Balaban J connectivity index is 2.17. The Bertz CT molecular complexity index is 540. The fourth-order valence-corrected chi connectivity index (χ4v) is 3.21. The van der Waals surface area contributed by atoms with E-state index in [-0.39, 0.29) is 4.83 Å². The molecule has 100 valence electrons. The number of benzene rings is 2. The minimum absolute atomic E-state index is 0.254. The predicted octanol–water partition coefficient (Wildman–Crippen LogP) is 5.53. The normalized spacial score (nSPS) is 12.2. The van der Waals surface area contributed by atoms with Gasteiger partial charge in [0.2, 0.25) is 0 Å². The molecule has 0 saturated carbocycles. The predicted molar refractivity (Wildman–Crippen MR) is 87.1 cm³/mol. The highest BCUT2D eigenvalue weighted by Crippen LogP contribution is 2.34. The lowest BCUT2D eigenvalue weighted by molar-refractivity contribution is 0.336. The minimum Gasteiger partial charge on any atom is -0.494 e. The molecular weight excluding hydrogens is 368 g/mol. The number of ether oxygens (including phenoxy) is 1. The second kappa shape index (κ2) is 7.11. The number of para-hydroxylation sites is 1. The van der Waals surface area contributed by atoms with Crippen molar-refractivity contribution in [3.05, 3.63) is 64.1 Å². The average Bonchev–Trinajstić information content (AvgIpc) is 2.39. The third kappa shape index (κ3) is 4.08. The lowest BCUT2D eigenvalue weighted by atomic mass is 10.0. The second-order valence-corrected chi connectivity index (χ2v) is 6.29. The highest BCUT2D eigenvalue weighted by molar-refractivity contribution is 9.10. The lowest BCUT2D eigenvalue weighted by Crippen LogP contribution is -2.01. The largest absolute Gasteiger partial charge is 0.494 e. The molecule has 0 aliphatic carbocycles. The number of hydrogen-bond donors (Lipinski definition) is 0. The van der Waals surface area contributed by atoms with E-state index in [1.807, 2.05) is 31.2 Å². The standard InChI is InChI=1S/C16H16Br2O/c1-2-19-16-9-4-3-8-14(16)15(18)11-12-6-5-7-13(17)10-12/h3-10,15H,2,11H2,1H3. The van der Waals surface area contributed by atoms with Crippen molar-refractivity contribution in [1.82, 2.24) is 0 Å². The van der Waals surface area contributed by atoms with Gasteiger partial charge in [-0.3, -0.25) is 0 Å². The monoisotopic (exact) mass is 382 g/mol. The molecule has 0 N–H and O–H groups in total. The maximum absolute atomic E-state index is 5.68. The number of hydrogen-bond acceptors (Lipinski definition) is 1. The molecule has 0 heterocycles. The highest BCUT2D eigenvalue weighted by atomic mass is 79.9. The van der Waals surface area contributed by atoms with Crippen LogP contribution >= 0.6 is 31.9 Å². The van der Waals surface area contributed by atoms with E-state index >= 15 is 0 Å². The molecule has 2 rings (SSSR count). The number of halogens is 2. The molecule has 0 fully saturated rings. The van der Waals surface area contributed by atoms with Gasteiger partial charge in [-0.15, -0.1) is 0 Å². The molecule has 0 bridgehead atoms. The quantitative estimate of drug-likeness (QED) is 0.617. The van der Waals surface area contributed by atoms with Gasteiger partial charge in [0.05, 0.1) is 6.61 Å². The lowest BCUT2D eigenvalue weighted by Gasteiger charge is -2.15. The van der Waals surface area contributed by atoms with Crippen molar-refractivity contribution < 1.29 is 4.74 Å². The van der Waals surface area contributed by atoms with Crippen molar-refractivity contribution in [3.63, 3.8) is 0 Å².